The SMILES string of the molecule is CN=C(NCCCCCCC(=O)OC(C)(C)C)NCC1(CCOC)CCCC1.I. The number of nitrogens with one attached hydrogen (secondary N) is 2. The monoisotopic (exact) mass is 525 g/mol. The van der Waals surface area contributed by atoms with Crippen molar-refractivity contribution in [2.45, 2.75) is 90.6 Å². The van der Waals surface area contributed by atoms with Gasteiger partial charge in [0, 0.05) is 40.3 Å². The minimum atomic E-state index is -0.384. The molecule has 0 bridgehead atoms. The Morgan fingerprint density at radius 2 is 1.72 bits per heavy atom. The average Bonchev–Trinajstić information content (AvgIpc) is 3.09. The summed E-state index contributed by atoms with van der Waals surface area (Å²) in [5.74, 6) is 0.794. The summed E-state index contributed by atoms with van der Waals surface area (Å²) in [6.45, 7) is 8.41. The number of unbranched alkanes of at least 4 members (excludes halogenated alkanes) is 3. The molecule has 0 aromatic rings. The second-order valence-corrected chi connectivity index (χ2v) is 9.05. The Morgan fingerprint density at radius 1 is 1.07 bits per heavy atom. The van der Waals surface area contributed by atoms with Crippen molar-refractivity contribution >= 4 is 35.9 Å². The fraction of sp³-hybridized carbons (Fsp3) is 0.909. The van der Waals surface area contributed by atoms with Gasteiger partial charge in [0.05, 0.1) is 0 Å². The molecule has 0 saturated heterocycles. The van der Waals surface area contributed by atoms with Crippen molar-refractivity contribution in [1.29, 1.82) is 0 Å². The van der Waals surface area contributed by atoms with E-state index in [1.165, 1.54) is 25.7 Å². The van der Waals surface area contributed by atoms with Gasteiger partial charge >= 0.3 is 5.97 Å². The third-order valence-electron chi connectivity index (χ3n) is 5.38. The van der Waals surface area contributed by atoms with E-state index in [4.69, 9.17) is 9.47 Å². The first-order valence-electron chi connectivity index (χ1n) is 11.0. The molecule has 0 unspecified atom stereocenters. The van der Waals surface area contributed by atoms with E-state index in [9.17, 15) is 4.79 Å². The van der Waals surface area contributed by atoms with Gasteiger partial charge in [0.15, 0.2) is 5.96 Å². The van der Waals surface area contributed by atoms with Crippen molar-refractivity contribution in [3.8, 4) is 0 Å². The highest BCUT2D eigenvalue weighted by Gasteiger charge is 2.33. The van der Waals surface area contributed by atoms with Gasteiger partial charge in [-0.25, -0.2) is 0 Å². The molecule has 0 aromatic carbocycles. The summed E-state index contributed by atoms with van der Waals surface area (Å²) in [7, 11) is 3.61. The molecule has 1 aliphatic rings. The first kappa shape index (κ1) is 28.4. The zero-order chi connectivity index (χ0) is 20.9. The van der Waals surface area contributed by atoms with E-state index >= 15 is 0 Å². The predicted molar refractivity (Wildman–Crippen MR) is 131 cm³/mol. The molecule has 0 radical (unpaired) electrons. The van der Waals surface area contributed by atoms with Crippen LogP contribution in [0.25, 0.3) is 0 Å². The summed E-state index contributed by atoms with van der Waals surface area (Å²) in [5.41, 5.74) is -0.0280. The van der Waals surface area contributed by atoms with Crippen molar-refractivity contribution in [3.05, 3.63) is 0 Å². The number of ether oxygens (including phenoxy) is 2. The molecule has 1 rings (SSSR count). The van der Waals surface area contributed by atoms with Crippen molar-refractivity contribution in [2.24, 2.45) is 10.4 Å². The summed E-state index contributed by atoms with van der Waals surface area (Å²) in [5, 5.41) is 6.94. The van der Waals surface area contributed by atoms with Gasteiger partial charge < -0.3 is 20.1 Å². The van der Waals surface area contributed by atoms with Crippen LogP contribution in [-0.2, 0) is 14.3 Å². The molecule has 0 aromatic heterocycles. The molecule has 29 heavy (non-hydrogen) atoms. The number of carbonyl (C=O) groups excluding carboxylic acids is 1. The second kappa shape index (κ2) is 15.3. The summed E-state index contributed by atoms with van der Waals surface area (Å²) >= 11 is 0. The Labute approximate surface area is 195 Å². The van der Waals surface area contributed by atoms with Crippen LogP contribution in [-0.4, -0.2) is 51.4 Å². The van der Waals surface area contributed by atoms with Crippen LogP contribution in [0.3, 0.4) is 0 Å². The highest BCUT2D eigenvalue weighted by molar-refractivity contribution is 14.0. The van der Waals surface area contributed by atoms with E-state index in [2.05, 4.69) is 15.6 Å². The Bertz CT molecular complexity index is 472. The molecule has 1 fully saturated rings. The number of nitrogens with zero attached hydrogens (tertiary/aromatic N) is 1. The van der Waals surface area contributed by atoms with E-state index in [0.717, 1.165) is 57.8 Å². The lowest BCUT2D eigenvalue weighted by Gasteiger charge is -2.30. The Balaban J connectivity index is 0.00000784. The van der Waals surface area contributed by atoms with E-state index < -0.39 is 0 Å². The zero-order valence-corrected chi connectivity index (χ0v) is 21.6. The number of esters is 1. The van der Waals surface area contributed by atoms with E-state index in [1.807, 2.05) is 27.8 Å². The van der Waals surface area contributed by atoms with Crippen LogP contribution in [0.4, 0.5) is 0 Å². The minimum Gasteiger partial charge on any atom is -0.460 e. The van der Waals surface area contributed by atoms with Gasteiger partial charge in [-0.15, -0.1) is 24.0 Å². The van der Waals surface area contributed by atoms with Gasteiger partial charge in [0.2, 0.25) is 0 Å². The van der Waals surface area contributed by atoms with Crippen molar-refractivity contribution in [3.63, 3.8) is 0 Å². The number of rotatable bonds is 12. The first-order valence-corrected chi connectivity index (χ1v) is 11.0. The number of halogens is 1. The van der Waals surface area contributed by atoms with Crippen LogP contribution in [0.2, 0.25) is 0 Å². The smallest absolute Gasteiger partial charge is 0.306 e. The van der Waals surface area contributed by atoms with Crippen LogP contribution < -0.4 is 10.6 Å². The third-order valence-corrected chi connectivity index (χ3v) is 5.38. The zero-order valence-electron chi connectivity index (χ0n) is 19.3. The highest BCUT2D eigenvalue weighted by atomic mass is 127. The lowest BCUT2D eigenvalue weighted by Crippen LogP contribution is -2.43. The van der Waals surface area contributed by atoms with E-state index in [1.54, 1.807) is 7.11 Å². The molecule has 0 heterocycles. The van der Waals surface area contributed by atoms with Gasteiger partial charge in [-0.1, -0.05) is 25.7 Å². The van der Waals surface area contributed by atoms with Crippen molar-refractivity contribution in [2.75, 3.05) is 33.9 Å². The molecule has 0 aliphatic heterocycles. The maximum atomic E-state index is 11.7. The van der Waals surface area contributed by atoms with Crippen LogP contribution in [0.1, 0.15) is 85.0 Å². The largest absolute Gasteiger partial charge is 0.460 e. The molecule has 6 nitrogen and oxygen atoms in total. The van der Waals surface area contributed by atoms with Gasteiger partial charge in [0.1, 0.15) is 5.60 Å². The number of carbonyl (C=O) groups is 1. The van der Waals surface area contributed by atoms with E-state index in [-0.39, 0.29) is 35.5 Å². The number of guanidine groups is 1. The Kier molecular flexibility index (Phi) is 15.0. The number of aliphatic imine (C=N–C) groups is 1. The third kappa shape index (κ3) is 13.4. The number of hydrogen-bond donors (Lipinski definition) is 2. The molecule has 0 amide bonds. The van der Waals surface area contributed by atoms with Crippen molar-refractivity contribution in [1.82, 2.24) is 10.6 Å². The van der Waals surface area contributed by atoms with E-state index in [0.29, 0.717) is 11.8 Å². The van der Waals surface area contributed by atoms with Gasteiger partial charge in [-0.3, -0.25) is 9.79 Å². The molecule has 2 N–H and O–H groups in total. The lowest BCUT2D eigenvalue weighted by molar-refractivity contribution is -0.154. The van der Waals surface area contributed by atoms with Crippen LogP contribution >= 0.6 is 24.0 Å². The van der Waals surface area contributed by atoms with Crippen molar-refractivity contribution < 1.29 is 14.3 Å². The summed E-state index contributed by atoms with van der Waals surface area (Å²) in [4.78, 5) is 16.0. The molecular formula is C22H44IN3O3. The highest BCUT2D eigenvalue weighted by Crippen LogP contribution is 2.40. The molecule has 1 saturated carbocycles. The van der Waals surface area contributed by atoms with Gasteiger partial charge in [0.25, 0.3) is 0 Å². The van der Waals surface area contributed by atoms with Crippen LogP contribution in [0.15, 0.2) is 4.99 Å². The standard InChI is InChI=1S/C22H43N3O3.HI/c1-21(2,3)28-19(26)12-8-6-7-11-16-24-20(23-4)25-18-22(15-17-27-5)13-9-10-14-22;/h6-18H2,1-5H3,(H2,23,24,25);1H. The molecular weight excluding hydrogens is 481 g/mol. The number of hydrogen-bond acceptors (Lipinski definition) is 4. The molecule has 0 spiro atoms. The Morgan fingerprint density at radius 3 is 2.31 bits per heavy atom. The predicted octanol–water partition coefficient (Wildman–Crippen LogP) is 4.66. The maximum absolute atomic E-state index is 11.7. The van der Waals surface area contributed by atoms with Crippen LogP contribution in [0.5, 0.6) is 0 Å². The van der Waals surface area contributed by atoms with Crippen LogP contribution in [0, 0.1) is 5.41 Å². The number of methoxy groups -OCH3 is 1. The molecule has 0 atom stereocenters. The summed E-state index contributed by atoms with van der Waals surface area (Å²) < 4.78 is 10.6. The fourth-order valence-corrected chi connectivity index (χ4v) is 3.80. The van der Waals surface area contributed by atoms with Gasteiger partial charge in [-0.2, -0.15) is 0 Å². The molecule has 1 aliphatic carbocycles. The Hall–Kier alpha value is -0.570. The summed E-state index contributed by atoms with van der Waals surface area (Å²) in [6.07, 6.45) is 10.9. The normalized spacial score (nSPS) is 16.2. The van der Waals surface area contributed by atoms with Gasteiger partial charge in [-0.05, 0) is 58.3 Å². The fourth-order valence-electron chi connectivity index (χ4n) is 3.80. The topological polar surface area (TPSA) is 72.0 Å². The average molecular weight is 526 g/mol. The molecule has 172 valence electrons. The quantitative estimate of drug-likeness (QED) is 0.128. The maximum Gasteiger partial charge on any atom is 0.306 e. The minimum absolute atomic E-state index is 0. The lowest BCUT2D eigenvalue weighted by atomic mass is 9.83. The second-order valence-electron chi connectivity index (χ2n) is 9.05. The molecule has 7 heteroatoms. The first-order chi connectivity index (χ1) is 13.3. The summed E-state index contributed by atoms with van der Waals surface area (Å²) in [6, 6.07) is 0.